The van der Waals surface area contributed by atoms with Crippen molar-refractivity contribution in [2.24, 2.45) is 0 Å². The Hall–Kier alpha value is -3.05. The summed E-state index contributed by atoms with van der Waals surface area (Å²) in [6.07, 6.45) is 0. The second-order valence-corrected chi connectivity index (χ2v) is 7.01. The number of carbonyl (C=O) groups is 2. The van der Waals surface area contributed by atoms with Crippen LogP contribution in [0.3, 0.4) is 0 Å². The first-order valence-electron chi connectivity index (χ1n) is 9.02. The fourth-order valence-corrected chi connectivity index (χ4v) is 3.69. The molecule has 3 rings (SSSR count). The van der Waals surface area contributed by atoms with E-state index < -0.39 is 5.97 Å². The zero-order chi connectivity index (χ0) is 19.8. The molecule has 0 spiro atoms. The smallest absolute Gasteiger partial charge is 0.340 e. The van der Waals surface area contributed by atoms with Crippen LogP contribution in [0.5, 0.6) is 0 Å². The van der Waals surface area contributed by atoms with Crippen molar-refractivity contribution in [1.29, 1.82) is 0 Å². The first-order valence-corrected chi connectivity index (χ1v) is 10.0. The SMILES string of the molecule is CCOC(=O)c1ccccc1NC(=O)c1ccccc1SCc1ccccc1. The number of benzene rings is 3. The maximum atomic E-state index is 12.9. The lowest BCUT2D eigenvalue weighted by molar-refractivity contribution is 0.0527. The van der Waals surface area contributed by atoms with E-state index in [4.69, 9.17) is 4.74 Å². The molecule has 1 amide bonds. The minimum Gasteiger partial charge on any atom is -0.462 e. The van der Waals surface area contributed by atoms with Gasteiger partial charge >= 0.3 is 5.97 Å². The monoisotopic (exact) mass is 391 g/mol. The maximum Gasteiger partial charge on any atom is 0.340 e. The quantitative estimate of drug-likeness (QED) is 0.432. The minimum absolute atomic E-state index is 0.257. The van der Waals surface area contributed by atoms with Gasteiger partial charge in [-0.3, -0.25) is 4.79 Å². The molecule has 0 saturated carbocycles. The van der Waals surface area contributed by atoms with Crippen molar-refractivity contribution >= 4 is 29.3 Å². The molecule has 0 aromatic heterocycles. The third kappa shape index (κ3) is 5.02. The number of rotatable bonds is 7. The molecule has 0 bridgehead atoms. The highest BCUT2D eigenvalue weighted by Gasteiger charge is 2.16. The topological polar surface area (TPSA) is 55.4 Å². The van der Waals surface area contributed by atoms with Gasteiger partial charge in [0, 0.05) is 10.6 Å². The Labute approximate surface area is 168 Å². The molecule has 0 atom stereocenters. The molecule has 142 valence electrons. The molecular formula is C23H21NO3S. The number of nitrogens with one attached hydrogen (secondary N) is 1. The normalized spacial score (nSPS) is 10.3. The average Bonchev–Trinajstić information content (AvgIpc) is 2.73. The summed E-state index contributed by atoms with van der Waals surface area (Å²) in [5, 5.41) is 2.85. The van der Waals surface area contributed by atoms with Crippen LogP contribution in [0.15, 0.2) is 83.8 Å². The summed E-state index contributed by atoms with van der Waals surface area (Å²) < 4.78 is 5.07. The highest BCUT2D eigenvalue weighted by Crippen LogP contribution is 2.27. The number of hydrogen-bond donors (Lipinski definition) is 1. The molecule has 5 heteroatoms. The van der Waals surface area contributed by atoms with Crippen LogP contribution in [0.2, 0.25) is 0 Å². The van der Waals surface area contributed by atoms with E-state index in [1.54, 1.807) is 49.0 Å². The summed E-state index contributed by atoms with van der Waals surface area (Å²) in [5.74, 6) is 0.0583. The molecule has 0 aliphatic carbocycles. The van der Waals surface area contributed by atoms with E-state index in [-0.39, 0.29) is 12.5 Å². The zero-order valence-corrected chi connectivity index (χ0v) is 16.4. The molecule has 28 heavy (non-hydrogen) atoms. The molecule has 0 fully saturated rings. The van der Waals surface area contributed by atoms with Crippen LogP contribution >= 0.6 is 11.8 Å². The lowest BCUT2D eigenvalue weighted by atomic mass is 10.1. The number of carbonyl (C=O) groups excluding carboxylic acids is 2. The third-order valence-corrected chi connectivity index (χ3v) is 5.18. The Bertz CT molecular complexity index is 957. The van der Waals surface area contributed by atoms with Crippen LogP contribution in [0.25, 0.3) is 0 Å². The van der Waals surface area contributed by atoms with E-state index in [1.165, 1.54) is 5.56 Å². The van der Waals surface area contributed by atoms with Crippen molar-refractivity contribution in [3.05, 3.63) is 95.6 Å². The van der Waals surface area contributed by atoms with Crippen molar-refractivity contribution in [2.75, 3.05) is 11.9 Å². The first-order chi connectivity index (χ1) is 13.7. The Morgan fingerprint density at radius 1 is 0.857 bits per heavy atom. The van der Waals surface area contributed by atoms with Gasteiger partial charge < -0.3 is 10.1 Å². The summed E-state index contributed by atoms with van der Waals surface area (Å²) in [4.78, 5) is 25.9. The van der Waals surface area contributed by atoms with E-state index in [0.29, 0.717) is 16.8 Å². The number of anilines is 1. The summed E-state index contributed by atoms with van der Waals surface area (Å²) >= 11 is 1.61. The Morgan fingerprint density at radius 2 is 1.50 bits per heavy atom. The van der Waals surface area contributed by atoms with Crippen LogP contribution in [0, 0.1) is 0 Å². The summed E-state index contributed by atoms with van der Waals surface area (Å²) in [5.41, 5.74) is 2.54. The van der Waals surface area contributed by atoms with Gasteiger partial charge in [-0.15, -0.1) is 11.8 Å². The summed E-state index contributed by atoms with van der Waals surface area (Å²) in [7, 11) is 0. The molecule has 3 aromatic rings. The number of amides is 1. The molecule has 0 aliphatic heterocycles. The lowest BCUT2D eigenvalue weighted by Gasteiger charge is -2.12. The van der Waals surface area contributed by atoms with E-state index in [0.717, 1.165) is 10.6 Å². The van der Waals surface area contributed by atoms with Gasteiger partial charge in [-0.05, 0) is 36.8 Å². The summed E-state index contributed by atoms with van der Waals surface area (Å²) in [6.45, 7) is 2.03. The van der Waals surface area contributed by atoms with Crippen molar-refractivity contribution in [2.45, 2.75) is 17.6 Å². The standard InChI is InChI=1S/C23H21NO3S/c1-2-27-23(26)18-12-6-8-14-20(18)24-22(25)19-13-7-9-15-21(19)28-16-17-10-4-3-5-11-17/h3-15H,2,16H2,1H3,(H,24,25). The van der Waals surface area contributed by atoms with Crippen molar-refractivity contribution in [1.82, 2.24) is 0 Å². The van der Waals surface area contributed by atoms with Gasteiger partial charge in [0.25, 0.3) is 5.91 Å². The Kier molecular flexibility index (Phi) is 6.87. The van der Waals surface area contributed by atoms with Crippen molar-refractivity contribution < 1.29 is 14.3 Å². The molecule has 0 saturated heterocycles. The lowest BCUT2D eigenvalue weighted by Crippen LogP contribution is -2.16. The first kappa shape index (κ1) is 19.7. The number of ether oxygens (including phenoxy) is 1. The van der Waals surface area contributed by atoms with Crippen LogP contribution in [-0.4, -0.2) is 18.5 Å². The molecule has 0 aliphatic rings. The fraction of sp³-hybridized carbons (Fsp3) is 0.130. The number of esters is 1. The average molecular weight is 391 g/mol. The molecule has 3 aromatic carbocycles. The van der Waals surface area contributed by atoms with E-state index >= 15 is 0 Å². The molecular weight excluding hydrogens is 370 g/mol. The molecule has 4 nitrogen and oxygen atoms in total. The second-order valence-electron chi connectivity index (χ2n) is 5.99. The fourth-order valence-electron chi connectivity index (χ4n) is 2.68. The largest absolute Gasteiger partial charge is 0.462 e. The molecule has 0 unspecified atom stereocenters. The van der Waals surface area contributed by atoms with Gasteiger partial charge in [0.2, 0.25) is 0 Å². The minimum atomic E-state index is -0.454. The summed E-state index contributed by atoms with van der Waals surface area (Å²) in [6, 6.07) is 24.4. The predicted octanol–water partition coefficient (Wildman–Crippen LogP) is 5.41. The number of hydrogen-bond acceptors (Lipinski definition) is 4. The highest BCUT2D eigenvalue weighted by molar-refractivity contribution is 7.98. The van der Waals surface area contributed by atoms with E-state index in [2.05, 4.69) is 17.4 Å². The second kappa shape index (κ2) is 9.76. The third-order valence-electron chi connectivity index (χ3n) is 4.04. The van der Waals surface area contributed by atoms with Gasteiger partial charge in [0.1, 0.15) is 0 Å². The zero-order valence-electron chi connectivity index (χ0n) is 15.6. The predicted molar refractivity (Wildman–Crippen MR) is 113 cm³/mol. The molecule has 0 radical (unpaired) electrons. The van der Waals surface area contributed by atoms with Crippen molar-refractivity contribution in [3.8, 4) is 0 Å². The molecule has 0 heterocycles. The maximum absolute atomic E-state index is 12.9. The van der Waals surface area contributed by atoms with Gasteiger partial charge in [-0.2, -0.15) is 0 Å². The van der Waals surface area contributed by atoms with Gasteiger partial charge in [0.15, 0.2) is 0 Å². The Morgan fingerprint density at radius 3 is 2.25 bits per heavy atom. The van der Waals surface area contributed by atoms with Crippen LogP contribution in [0.4, 0.5) is 5.69 Å². The molecule has 1 N–H and O–H groups in total. The van der Waals surface area contributed by atoms with Gasteiger partial charge in [-0.1, -0.05) is 54.6 Å². The van der Waals surface area contributed by atoms with Crippen LogP contribution in [-0.2, 0) is 10.5 Å². The van der Waals surface area contributed by atoms with Crippen molar-refractivity contribution in [3.63, 3.8) is 0 Å². The number of thioether (sulfide) groups is 1. The highest BCUT2D eigenvalue weighted by atomic mass is 32.2. The number of para-hydroxylation sites is 1. The Balaban J connectivity index is 1.78. The van der Waals surface area contributed by atoms with E-state index in [1.807, 2.05) is 36.4 Å². The van der Waals surface area contributed by atoms with Gasteiger partial charge in [0.05, 0.1) is 23.4 Å². The van der Waals surface area contributed by atoms with Gasteiger partial charge in [-0.25, -0.2) is 4.79 Å². The van der Waals surface area contributed by atoms with Crippen LogP contribution < -0.4 is 5.32 Å². The van der Waals surface area contributed by atoms with E-state index in [9.17, 15) is 9.59 Å². The van der Waals surface area contributed by atoms with Crippen LogP contribution in [0.1, 0.15) is 33.2 Å².